The number of nitrogens with zero attached hydrogens (tertiary/aromatic N) is 1. The molecule has 150 valence electrons. The number of esters is 1. The normalized spacial score (nSPS) is 14.5. The van der Waals surface area contributed by atoms with Crippen LogP contribution in [0, 0.1) is 13.8 Å². The zero-order valence-corrected chi connectivity index (χ0v) is 16.8. The number of hydrogen-bond donors (Lipinski definition) is 1. The first-order valence-corrected chi connectivity index (χ1v) is 9.79. The maximum Gasteiger partial charge on any atom is 0.343 e. The highest BCUT2D eigenvalue weighted by Gasteiger charge is 2.22. The number of rotatable bonds is 6. The number of methoxy groups -OCH3 is 1. The summed E-state index contributed by atoms with van der Waals surface area (Å²) in [5.41, 5.74) is 3.56. The Bertz CT molecular complexity index is 833. The van der Waals surface area contributed by atoms with Gasteiger partial charge in [-0.05, 0) is 57.0 Å². The number of nitrogens with one attached hydrogen (secondary N) is 1. The number of aryl methyl sites for hydroxylation is 1. The fourth-order valence-electron chi connectivity index (χ4n) is 3.94. The molecule has 0 aliphatic heterocycles. The third-order valence-corrected chi connectivity index (χ3v) is 5.37. The van der Waals surface area contributed by atoms with Gasteiger partial charge in [-0.3, -0.25) is 4.79 Å². The van der Waals surface area contributed by atoms with E-state index in [9.17, 15) is 9.59 Å². The molecule has 28 heavy (non-hydrogen) atoms. The molecule has 1 N–H and O–H groups in total. The predicted octanol–water partition coefficient (Wildman–Crippen LogP) is 4.41. The summed E-state index contributed by atoms with van der Waals surface area (Å²) in [6.45, 7) is 3.96. The number of benzene rings is 1. The highest BCUT2D eigenvalue weighted by Crippen LogP contribution is 2.32. The predicted molar refractivity (Wildman–Crippen MR) is 108 cm³/mol. The second-order valence-corrected chi connectivity index (χ2v) is 7.29. The van der Waals surface area contributed by atoms with E-state index in [4.69, 9.17) is 4.74 Å². The highest BCUT2D eigenvalue weighted by molar-refractivity contribution is 6.05. The number of carbonyl (C=O) groups is 2. The van der Waals surface area contributed by atoms with Gasteiger partial charge in [0.05, 0.1) is 12.7 Å². The van der Waals surface area contributed by atoms with Crippen molar-refractivity contribution in [1.29, 1.82) is 0 Å². The van der Waals surface area contributed by atoms with Gasteiger partial charge in [0, 0.05) is 23.1 Å². The van der Waals surface area contributed by atoms with Crippen molar-refractivity contribution in [3.05, 3.63) is 47.3 Å². The molecule has 1 aromatic carbocycles. The van der Waals surface area contributed by atoms with Gasteiger partial charge in [-0.25, -0.2) is 4.79 Å². The summed E-state index contributed by atoms with van der Waals surface area (Å²) in [7, 11) is 1.32. The van der Waals surface area contributed by atoms with Gasteiger partial charge in [-0.1, -0.05) is 19.3 Å². The van der Waals surface area contributed by atoms with Crippen LogP contribution >= 0.6 is 0 Å². The molecule has 0 unspecified atom stereocenters. The molecule has 0 atom stereocenters. The van der Waals surface area contributed by atoms with E-state index in [0.29, 0.717) is 23.0 Å². The molecule has 3 rings (SSSR count). The van der Waals surface area contributed by atoms with Crippen LogP contribution in [0.1, 0.15) is 59.9 Å². The van der Waals surface area contributed by atoms with E-state index in [2.05, 4.69) is 21.5 Å². The summed E-state index contributed by atoms with van der Waals surface area (Å²) in [6, 6.07) is 9.41. The Kier molecular flexibility index (Phi) is 6.39. The van der Waals surface area contributed by atoms with E-state index >= 15 is 0 Å². The van der Waals surface area contributed by atoms with E-state index < -0.39 is 5.97 Å². The Balaban J connectivity index is 1.67. The lowest BCUT2D eigenvalue weighted by Crippen LogP contribution is -2.17. The molecular weight excluding hydrogens is 356 g/mol. The van der Waals surface area contributed by atoms with Crippen molar-refractivity contribution in [2.24, 2.45) is 0 Å². The minimum absolute atomic E-state index is 0.113. The molecule has 0 bridgehead atoms. The lowest BCUT2D eigenvalue weighted by molar-refractivity contribution is -0.142. The number of hydrogen-bond acceptors (Lipinski definition) is 4. The molecule has 6 nitrogen and oxygen atoms in total. The summed E-state index contributed by atoms with van der Waals surface area (Å²) >= 11 is 0. The van der Waals surface area contributed by atoms with Gasteiger partial charge in [0.25, 0.3) is 5.91 Å². The summed E-state index contributed by atoms with van der Waals surface area (Å²) in [5.74, 6) is -0.0111. The van der Waals surface area contributed by atoms with Gasteiger partial charge in [-0.2, -0.15) is 0 Å². The van der Waals surface area contributed by atoms with Crippen molar-refractivity contribution in [3.63, 3.8) is 0 Å². The fraction of sp³-hybridized carbons (Fsp3) is 0.455. The SMILES string of the molecule is COC(=O)COc1ccc(NC(=O)c2cc(C)n(C3CCCCC3)c2C)cc1. The number of aromatic nitrogens is 1. The topological polar surface area (TPSA) is 69.6 Å². The van der Waals surface area contributed by atoms with Crippen LogP contribution in [0.5, 0.6) is 5.75 Å². The molecule has 0 radical (unpaired) electrons. The lowest BCUT2D eigenvalue weighted by Gasteiger charge is -2.26. The van der Waals surface area contributed by atoms with E-state index in [-0.39, 0.29) is 12.5 Å². The number of amides is 1. The Labute approximate surface area is 165 Å². The molecule has 1 saturated carbocycles. The van der Waals surface area contributed by atoms with Crippen molar-refractivity contribution < 1.29 is 19.1 Å². The molecule has 1 aliphatic carbocycles. The molecule has 1 aliphatic rings. The highest BCUT2D eigenvalue weighted by atomic mass is 16.6. The van der Waals surface area contributed by atoms with Crippen molar-refractivity contribution in [3.8, 4) is 5.75 Å². The van der Waals surface area contributed by atoms with Gasteiger partial charge >= 0.3 is 5.97 Å². The van der Waals surface area contributed by atoms with Gasteiger partial charge in [0.1, 0.15) is 5.75 Å². The Morgan fingerprint density at radius 1 is 1.11 bits per heavy atom. The molecule has 1 heterocycles. The molecule has 0 saturated heterocycles. The molecule has 1 aromatic heterocycles. The third-order valence-electron chi connectivity index (χ3n) is 5.37. The van der Waals surface area contributed by atoms with Crippen LogP contribution in [0.25, 0.3) is 0 Å². The number of carbonyl (C=O) groups excluding carboxylic acids is 2. The monoisotopic (exact) mass is 384 g/mol. The minimum Gasteiger partial charge on any atom is -0.482 e. The summed E-state index contributed by atoms with van der Waals surface area (Å²) in [5, 5.41) is 2.95. The Morgan fingerprint density at radius 2 is 1.79 bits per heavy atom. The van der Waals surface area contributed by atoms with Crippen LogP contribution in [0.3, 0.4) is 0 Å². The fourth-order valence-corrected chi connectivity index (χ4v) is 3.94. The van der Waals surface area contributed by atoms with Crippen LogP contribution in [0.4, 0.5) is 5.69 Å². The molecule has 1 fully saturated rings. The number of anilines is 1. The van der Waals surface area contributed by atoms with Crippen LogP contribution in [0.2, 0.25) is 0 Å². The van der Waals surface area contributed by atoms with Gasteiger partial charge < -0.3 is 19.4 Å². The second-order valence-electron chi connectivity index (χ2n) is 7.29. The number of ether oxygens (including phenoxy) is 2. The van der Waals surface area contributed by atoms with E-state index in [0.717, 1.165) is 11.4 Å². The molecular formula is C22H28N2O4. The van der Waals surface area contributed by atoms with E-state index in [1.54, 1.807) is 24.3 Å². The molecule has 2 aromatic rings. The van der Waals surface area contributed by atoms with Crippen LogP contribution in [-0.4, -0.2) is 30.2 Å². The zero-order chi connectivity index (χ0) is 20.1. The largest absolute Gasteiger partial charge is 0.482 e. The van der Waals surface area contributed by atoms with Crippen molar-refractivity contribution in [2.75, 3.05) is 19.0 Å². The first-order chi connectivity index (χ1) is 13.5. The minimum atomic E-state index is -0.439. The van der Waals surface area contributed by atoms with E-state index in [1.807, 2.05) is 13.0 Å². The zero-order valence-electron chi connectivity index (χ0n) is 16.8. The first-order valence-electron chi connectivity index (χ1n) is 9.79. The molecule has 0 spiro atoms. The maximum absolute atomic E-state index is 12.8. The quantitative estimate of drug-likeness (QED) is 0.749. The second kappa shape index (κ2) is 8.95. The van der Waals surface area contributed by atoms with Crippen molar-refractivity contribution in [2.45, 2.75) is 52.0 Å². The van der Waals surface area contributed by atoms with Crippen molar-refractivity contribution in [1.82, 2.24) is 4.57 Å². The first kappa shape index (κ1) is 20.0. The summed E-state index contributed by atoms with van der Waals surface area (Å²) < 4.78 is 12.2. The van der Waals surface area contributed by atoms with Gasteiger partial charge in [0.2, 0.25) is 0 Å². The standard InChI is InChI=1S/C22H28N2O4/c1-15-13-20(16(2)24(15)18-7-5-4-6-8-18)22(26)23-17-9-11-19(12-10-17)28-14-21(25)27-3/h9-13,18H,4-8,14H2,1-3H3,(H,23,26). The lowest BCUT2D eigenvalue weighted by atomic mass is 9.95. The van der Waals surface area contributed by atoms with Gasteiger partial charge in [-0.15, -0.1) is 0 Å². The van der Waals surface area contributed by atoms with Crippen LogP contribution in [0.15, 0.2) is 30.3 Å². The third kappa shape index (κ3) is 4.55. The maximum atomic E-state index is 12.8. The molecule has 6 heteroatoms. The average molecular weight is 384 g/mol. The Hall–Kier alpha value is -2.76. The smallest absolute Gasteiger partial charge is 0.343 e. The summed E-state index contributed by atoms with van der Waals surface area (Å²) in [6.07, 6.45) is 6.19. The van der Waals surface area contributed by atoms with Crippen molar-refractivity contribution >= 4 is 17.6 Å². The Morgan fingerprint density at radius 3 is 2.43 bits per heavy atom. The molecule has 1 amide bonds. The average Bonchev–Trinajstić information content (AvgIpc) is 3.02. The van der Waals surface area contributed by atoms with Crippen LogP contribution in [-0.2, 0) is 9.53 Å². The van der Waals surface area contributed by atoms with Gasteiger partial charge in [0.15, 0.2) is 6.61 Å². The summed E-state index contributed by atoms with van der Waals surface area (Å²) in [4.78, 5) is 23.9. The van der Waals surface area contributed by atoms with E-state index in [1.165, 1.54) is 39.2 Å². The van der Waals surface area contributed by atoms with Crippen LogP contribution < -0.4 is 10.1 Å².